The average molecular weight is 388 g/mol. The Labute approximate surface area is 157 Å². The number of amides is 1. The summed E-state index contributed by atoms with van der Waals surface area (Å²) in [4.78, 5) is 25.6. The Hall–Kier alpha value is -3.29. The van der Waals surface area contributed by atoms with Gasteiger partial charge in [-0.3, -0.25) is 9.59 Å². The topological polar surface area (TPSA) is 71.3 Å². The van der Waals surface area contributed by atoms with Gasteiger partial charge in [0, 0.05) is 11.9 Å². The van der Waals surface area contributed by atoms with Crippen LogP contribution >= 0.6 is 0 Å². The third-order valence-electron chi connectivity index (χ3n) is 4.88. The molecule has 0 unspecified atom stereocenters. The molecule has 0 spiro atoms. The zero-order chi connectivity index (χ0) is 20.1. The highest BCUT2D eigenvalue weighted by molar-refractivity contribution is 6.09. The molecular formula is C20H15F3N2O3. The molecule has 1 aliphatic heterocycles. The molecule has 2 aromatic carbocycles. The van der Waals surface area contributed by atoms with E-state index in [0.29, 0.717) is 23.9 Å². The second-order valence-corrected chi connectivity index (χ2v) is 6.59. The Morgan fingerprint density at radius 2 is 1.86 bits per heavy atom. The standard InChI is InChI=1S/C20H15F3N2O3/c21-20(22,23)13-8-1-2-9-14(13)24-18(27)15-17(26)12-7-3-5-11-6-4-10-25(16(11)12)19(15)28/h1-3,5,7-9,26H,4,6,10H2,(H,24,27). The zero-order valence-corrected chi connectivity index (χ0v) is 14.5. The van der Waals surface area contributed by atoms with E-state index in [2.05, 4.69) is 5.32 Å². The molecule has 0 bridgehead atoms. The van der Waals surface area contributed by atoms with Gasteiger partial charge in [0.2, 0.25) is 0 Å². The molecule has 8 heteroatoms. The lowest BCUT2D eigenvalue weighted by Gasteiger charge is -2.21. The summed E-state index contributed by atoms with van der Waals surface area (Å²) in [5.41, 5.74) is -1.37. The van der Waals surface area contributed by atoms with Crippen molar-refractivity contribution in [2.75, 3.05) is 5.32 Å². The van der Waals surface area contributed by atoms with Crippen molar-refractivity contribution in [3.05, 3.63) is 69.5 Å². The van der Waals surface area contributed by atoms with Crippen LogP contribution in [-0.4, -0.2) is 15.6 Å². The molecule has 1 aromatic heterocycles. The lowest BCUT2D eigenvalue weighted by molar-refractivity contribution is -0.136. The maximum atomic E-state index is 13.2. The molecule has 1 amide bonds. The maximum absolute atomic E-state index is 13.2. The summed E-state index contributed by atoms with van der Waals surface area (Å²) in [6.45, 7) is 0.367. The monoisotopic (exact) mass is 388 g/mol. The number of hydrogen-bond donors (Lipinski definition) is 2. The van der Waals surface area contributed by atoms with E-state index in [0.717, 1.165) is 24.1 Å². The summed E-state index contributed by atoms with van der Waals surface area (Å²) in [5, 5.41) is 13.0. The van der Waals surface area contributed by atoms with Gasteiger partial charge in [-0.25, -0.2) is 0 Å². The highest BCUT2D eigenvalue weighted by Gasteiger charge is 2.34. The second-order valence-electron chi connectivity index (χ2n) is 6.59. The van der Waals surface area contributed by atoms with Crippen molar-refractivity contribution < 1.29 is 23.1 Å². The third-order valence-corrected chi connectivity index (χ3v) is 4.88. The summed E-state index contributed by atoms with van der Waals surface area (Å²) in [5.74, 6) is -1.61. The van der Waals surface area contributed by atoms with Gasteiger partial charge < -0.3 is 15.0 Å². The average Bonchev–Trinajstić information content (AvgIpc) is 2.65. The van der Waals surface area contributed by atoms with E-state index in [1.807, 2.05) is 6.07 Å². The number of carbonyl (C=O) groups excluding carboxylic acids is 1. The van der Waals surface area contributed by atoms with Gasteiger partial charge in [-0.15, -0.1) is 0 Å². The first kappa shape index (κ1) is 18.1. The van der Waals surface area contributed by atoms with Crippen molar-refractivity contribution in [2.45, 2.75) is 25.6 Å². The van der Waals surface area contributed by atoms with Crippen LogP contribution in [0.5, 0.6) is 5.75 Å². The van der Waals surface area contributed by atoms with Crippen LogP contribution in [0.3, 0.4) is 0 Å². The molecule has 5 nitrogen and oxygen atoms in total. The highest BCUT2D eigenvalue weighted by atomic mass is 19.4. The lowest BCUT2D eigenvalue weighted by Crippen LogP contribution is -2.32. The van der Waals surface area contributed by atoms with E-state index in [1.54, 1.807) is 12.1 Å². The molecule has 3 aromatic rings. The second kappa shape index (κ2) is 6.40. The van der Waals surface area contributed by atoms with E-state index in [4.69, 9.17) is 0 Å². The number of nitrogens with one attached hydrogen (secondary N) is 1. The number of rotatable bonds is 2. The van der Waals surface area contributed by atoms with Crippen LogP contribution < -0.4 is 10.9 Å². The number of nitrogens with zero attached hydrogens (tertiary/aromatic N) is 1. The van der Waals surface area contributed by atoms with Crippen molar-refractivity contribution in [2.24, 2.45) is 0 Å². The van der Waals surface area contributed by atoms with Crippen LogP contribution in [0.15, 0.2) is 47.3 Å². The minimum Gasteiger partial charge on any atom is -0.506 e. The Morgan fingerprint density at radius 3 is 2.61 bits per heavy atom. The number of hydrogen-bond acceptors (Lipinski definition) is 3. The Balaban J connectivity index is 1.86. The molecule has 28 heavy (non-hydrogen) atoms. The molecule has 144 valence electrons. The fourth-order valence-electron chi connectivity index (χ4n) is 3.65. The first-order chi connectivity index (χ1) is 13.3. The number of halogens is 3. The zero-order valence-electron chi connectivity index (χ0n) is 14.5. The molecule has 2 N–H and O–H groups in total. The van der Waals surface area contributed by atoms with Crippen LogP contribution in [0.1, 0.15) is 27.9 Å². The largest absolute Gasteiger partial charge is 0.506 e. The highest BCUT2D eigenvalue weighted by Crippen LogP contribution is 2.36. The van der Waals surface area contributed by atoms with Gasteiger partial charge in [-0.2, -0.15) is 13.2 Å². The van der Waals surface area contributed by atoms with Gasteiger partial charge in [-0.05, 0) is 36.6 Å². The molecule has 0 saturated heterocycles. The number of carbonyl (C=O) groups is 1. The number of aromatic nitrogens is 1. The summed E-state index contributed by atoms with van der Waals surface area (Å²) >= 11 is 0. The normalized spacial score (nSPS) is 13.5. The summed E-state index contributed by atoms with van der Waals surface area (Å²) in [7, 11) is 0. The van der Waals surface area contributed by atoms with Crippen molar-refractivity contribution in [1.29, 1.82) is 0 Å². The number of anilines is 1. The van der Waals surface area contributed by atoms with Crippen LogP contribution in [0.25, 0.3) is 10.9 Å². The molecule has 2 heterocycles. The lowest BCUT2D eigenvalue weighted by atomic mass is 9.99. The van der Waals surface area contributed by atoms with Crippen LogP contribution in [-0.2, 0) is 19.1 Å². The summed E-state index contributed by atoms with van der Waals surface area (Å²) < 4.78 is 40.9. The first-order valence-electron chi connectivity index (χ1n) is 8.64. The van der Waals surface area contributed by atoms with E-state index in [-0.39, 0.29) is 0 Å². The predicted octanol–water partition coefficient (Wildman–Crippen LogP) is 3.92. The number of pyridine rings is 1. The minimum atomic E-state index is -4.68. The third kappa shape index (κ3) is 2.81. The number of para-hydroxylation sites is 2. The van der Waals surface area contributed by atoms with E-state index in [9.17, 15) is 27.9 Å². The number of benzene rings is 2. The Bertz CT molecular complexity index is 1170. The number of alkyl halides is 3. The van der Waals surface area contributed by atoms with Crippen molar-refractivity contribution in [3.8, 4) is 5.75 Å². The van der Waals surface area contributed by atoms with Crippen LogP contribution in [0, 0.1) is 0 Å². The van der Waals surface area contributed by atoms with E-state index < -0.39 is 40.2 Å². The van der Waals surface area contributed by atoms with Gasteiger partial charge in [-0.1, -0.05) is 24.3 Å². The summed E-state index contributed by atoms with van der Waals surface area (Å²) in [6.07, 6.45) is -3.25. The van der Waals surface area contributed by atoms with Crippen LogP contribution in [0.2, 0.25) is 0 Å². The summed E-state index contributed by atoms with van der Waals surface area (Å²) in [6, 6.07) is 9.60. The Morgan fingerprint density at radius 1 is 1.11 bits per heavy atom. The molecule has 1 aliphatic rings. The minimum absolute atomic E-state index is 0.325. The fourth-order valence-corrected chi connectivity index (χ4v) is 3.65. The van der Waals surface area contributed by atoms with Crippen molar-refractivity contribution in [3.63, 3.8) is 0 Å². The molecule has 4 rings (SSSR count). The predicted molar refractivity (Wildman–Crippen MR) is 97.6 cm³/mol. The number of aromatic hydroxyl groups is 1. The number of aryl methyl sites for hydroxylation is 2. The van der Waals surface area contributed by atoms with Crippen molar-refractivity contribution >= 4 is 22.5 Å². The van der Waals surface area contributed by atoms with E-state index >= 15 is 0 Å². The van der Waals surface area contributed by atoms with Crippen molar-refractivity contribution in [1.82, 2.24) is 4.57 Å². The molecular weight excluding hydrogens is 373 g/mol. The molecule has 0 atom stereocenters. The van der Waals surface area contributed by atoms with Gasteiger partial charge in [0.25, 0.3) is 11.5 Å². The smallest absolute Gasteiger partial charge is 0.418 e. The maximum Gasteiger partial charge on any atom is 0.418 e. The first-order valence-corrected chi connectivity index (χ1v) is 8.64. The van der Waals surface area contributed by atoms with Gasteiger partial charge in [0.1, 0.15) is 11.3 Å². The molecule has 0 radical (unpaired) electrons. The molecule has 0 aliphatic carbocycles. The van der Waals surface area contributed by atoms with Gasteiger partial charge in [0.15, 0.2) is 0 Å². The Kier molecular flexibility index (Phi) is 4.14. The SMILES string of the molecule is O=C(Nc1ccccc1C(F)(F)F)c1c(O)c2cccc3c2n(c1=O)CCC3. The fraction of sp³-hybridized carbons (Fsp3) is 0.200. The van der Waals surface area contributed by atoms with E-state index in [1.165, 1.54) is 16.7 Å². The molecule has 0 fully saturated rings. The van der Waals surface area contributed by atoms with Crippen LogP contribution in [0.4, 0.5) is 18.9 Å². The quantitative estimate of drug-likeness (QED) is 0.699. The van der Waals surface area contributed by atoms with Gasteiger partial charge >= 0.3 is 6.18 Å². The van der Waals surface area contributed by atoms with Gasteiger partial charge in [0.05, 0.1) is 16.8 Å². The molecule has 0 saturated carbocycles.